The van der Waals surface area contributed by atoms with Gasteiger partial charge in [0.2, 0.25) is 15.9 Å². The minimum Gasteiger partial charge on any atom is -0.497 e. The Morgan fingerprint density at radius 3 is 2.42 bits per heavy atom. The monoisotopic (exact) mass is 394 g/mol. The van der Waals surface area contributed by atoms with Crippen molar-refractivity contribution in [2.45, 2.75) is 23.8 Å². The lowest BCUT2D eigenvalue weighted by molar-refractivity contribution is -0.119. The van der Waals surface area contributed by atoms with E-state index in [1.54, 1.807) is 36.4 Å². The van der Waals surface area contributed by atoms with Crippen LogP contribution in [0.4, 0.5) is 5.69 Å². The maximum absolute atomic E-state index is 12.9. The number of carbonyl (C=O) groups excluding carboxylic acids is 1. The lowest BCUT2D eigenvalue weighted by atomic mass is 10.2. The van der Waals surface area contributed by atoms with Crippen molar-refractivity contribution in [1.29, 1.82) is 0 Å². The molecule has 26 heavy (non-hydrogen) atoms. The molecule has 0 aliphatic carbocycles. The number of nitrogens with zero attached hydrogens (tertiary/aromatic N) is 1. The van der Waals surface area contributed by atoms with Gasteiger partial charge in [-0.3, -0.25) is 4.79 Å². The standard InChI is InChI=1S/C18H19ClN2O4S/c1-25-15-8-10-16(11-9-15)26(23,24)21-12-2-3-17(21)18(22)20-14-6-4-13(19)5-7-14/h4-11,17H,2-3,12H2,1H3,(H,20,22)/t17-/m1/s1. The molecule has 1 amide bonds. The molecule has 1 N–H and O–H groups in total. The first kappa shape index (κ1) is 18.7. The van der Waals surface area contributed by atoms with Crippen molar-refractivity contribution in [3.05, 3.63) is 53.6 Å². The van der Waals surface area contributed by atoms with E-state index in [9.17, 15) is 13.2 Å². The molecule has 0 aromatic heterocycles. The second-order valence-corrected chi connectivity index (χ2v) is 8.27. The molecule has 8 heteroatoms. The molecule has 1 saturated heterocycles. The zero-order valence-electron chi connectivity index (χ0n) is 14.2. The summed E-state index contributed by atoms with van der Waals surface area (Å²) in [6, 6.07) is 12.1. The first-order valence-electron chi connectivity index (χ1n) is 8.14. The zero-order valence-corrected chi connectivity index (χ0v) is 15.8. The van der Waals surface area contributed by atoms with Crippen LogP contribution in [-0.2, 0) is 14.8 Å². The Morgan fingerprint density at radius 2 is 1.81 bits per heavy atom. The SMILES string of the molecule is COc1ccc(S(=O)(=O)N2CCC[C@@H]2C(=O)Nc2ccc(Cl)cc2)cc1. The predicted octanol–water partition coefficient (Wildman–Crippen LogP) is 3.14. The van der Waals surface area contributed by atoms with Crippen LogP contribution < -0.4 is 10.1 Å². The lowest BCUT2D eigenvalue weighted by Crippen LogP contribution is -2.43. The van der Waals surface area contributed by atoms with Crippen molar-refractivity contribution in [2.24, 2.45) is 0 Å². The lowest BCUT2D eigenvalue weighted by Gasteiger charge is -2.23. The number of halogens is 1. The number of methoxy groups -OCH3 is 1. The topological polar surface area (TPSA) is 75.7 Å². The third-order valence-electron chi connectivity index (χ3n) is 4.28. The van der Waals surface area contributed by atoms with E-state index in [0.717, 1.165) is 0 Å². The minimum absolute atomic E-state index is 0.143. The summed E-state index contributed by atoms with van der Waals surface area (Å²) in [4.78, 5) is 12.8. The van der Waals surface area contributed by atoms with Gasteiger partial charge in [0, 0.05) is 17.3 Å². The normalized spacial score (nSPS) is 17.8. The maximum atomic E-state index is 12.9. The number of sulfonamides is 1. The second-order valence-electron chi connectivity index (χ2n) is 5.95. The maximum Gasteiger partial charge on any atom is 0.243 e. The fourth-order valence-electron chi connectivity index (χ4n) is 2.93. The Hall–Kier alpha value is -2.09. The molecule has 6 nitrogen and oxygen atoms in total. The molecular formula is C18H19ClN2O4S. The number of benzene rings is 2. The van der Waals surface area contributed by atoms with Gasteiger partial charge in [-0.1, -0.05) is 11.6 Å². The van der Waals surface area contributed by atoms with Crippen molar-refractivity contribution in [3.8, 4) is 5.75 Å². The van der Waals surface area contributed by atoms with Crippen LogP contribution in [0.5, 0.6) is 5.75 Å². The van der Waals surface area contributed by atoms with E-state index in [-0.39, 0.29) is 10.8 Å². The molecule has 0 unspecified atom stereocenters. The summed E-state index contributed by atoms with van der Waals surface area (Å²) in [6.45, 7) is 0.313. The Bertz CT molecular complexity index is 882. The summed E-state index contributed by atoms with van der Waals surface area (Å²) in [6.07, 6.45) is 1.11. The van der Waals surface area contributed by atoms with Gasteiger partial charge in [-0.05, 0) is 61.4 Å². The number of amides is 1. The van der Waals surface area contributed by atoms with E-state index in [1.807, 2.05) is 0 Å². The average Bonchev–Trinajstić information content (AvgIpc) is 3.14. The van der Waals surface area contributed by atoms with Gasteiger partial charge in [-0.25, -0.2) is 8.42 Å². The summed E-state index contributed by atoms with van der Waals surface area (Å²) >= 11 is 5.84. The van der Waals surface area contributed by atoms with Crippen LogP contribution in [0.25, 0.3) is 0 Å². The molecule has 0 bridgehead atoms. The molecule has 3 rings (SSSR count). The fourth-order valence-corrected chi connectivity index (χ4v) is 4.71. The third kappa shape index (κ3) is 3.85. The first-order chi connectivity index (χ1) is 12.4. The highest BCUT2D eigenvalue weighted by molar-refractivity contribution is 7.89. The molecule has 1 atom stereocenters. The number of rotatable bonds is 5. The van der Waals surface area contributed by atoms with Gasteiger partial charge in [0.05, 0.1) is 12.0 Å². The smallest absolute Gasteiger partial charge is 0.243 e. The summed E-state index contributed by atoms with van der Waals surface area (Å²) in [5.41, 5.74) is 0.577. The summed E-state index contributed by atoms with van der Waals surface area (Å²) < 4.78 is 32.2. The van der Waals surface area contributed by atoms with Crippen LogP contribution in [0.1, 0.15) is 12.8 Å². The third-order valence-corrected chi connectivity index (χ3v) is 6.46. The Morgan fingerprint density at radius 1 is 1.15 bits per heavy atom. The molecule has 0 saturated carbocycles. The number of anilines is 1. The molecule has 1 fully saturated rings. The zero-order chi connectivity index (χ0) is 18.7. The van der Waals surface area contributed by atoms with Gasteiger partial charge in [-0.15, -0.1) is 0 Å². The summed E-state index contributed by atoms with van der Waals surface area (Å²) in [7, 11) is -2.25. The molecular weight excluding hydrogens is 376 g/mol. The summed E-state index contributed by atoms with van der Waals surface area (Å²) in [5, 5.41) is 3.32. The van der Waals surface area contributed by atoms with E-state index in [2.05, 4.69) is 5.32 Å². The molecule has 0 radical (unpaired) electrons. The van der Waals surface area contributed by atoms with Crippen molar-refractivity contribution in [3.63, 3.8) is 0 Å². The Labute approximate surface area is 157 Å². The Balaban J connectivity index is 1.79. The minimum atomic E-state index is -3.76. The first-order valence-corrected chi connectivity index (χ1v) is 9.96. The van der Waals surface area contributed by atoms with Crippen LogP contribution in [0, 0.1) is 0 Å². The molecule has 138 valence electrons. The van der Waals surface area contributed by atoms with Crippen LogP contribution in [-0.4, -0.2) is 38.3 Å². The Kier molecular flexibility index (Phi) is 5.50. The van der Waals surface area contributed by atoms with Crippen LogP contribution >= 0.6 is 11.6 Å². The largest absolute Gasteiger partial charge is 0.497 e. The molecule has 0 spiro atoms. The van der Waals surface area contributed by atoms with Gasteiger partial charge < -0.3 is 10.1 Å². The number of ether oxygens (including phenoxy) is 1. The van der Waals surface area contributed by atoms with E-state index in [1.165, 1.54) is 23.5 Å². The van der Waals surface area contributed by atoms with Crippen LogP contribution in [0.2, 0.25) is 5.02 Å². The molecule has 1 heterocycles. The number of hydrogen-bond donors (Lipinski definition) is 1. The predicted molar refractivity (Wildman–Crippen MR) is 100.0 cm³/mol. The van der Waals surface area contributed by atoms with Crippen LogP contribution in [0.3, 0.4) is 0 Å². The van der Waals surface area contributed by atoms with Crippen molar-refractivity contribution in [1.82, 2.24) is 4.31 Å². The quantitative estimate of drug-likeness (QED) is 0.845. The molecule has 2 aromatic rings. The van der Waals surface area contributed by atoms with Gasteiger partial charge in [0.25, 0.3) is 0 Å². The van der Waals surface area contributed by atoms with Crippen molar-refractivity contribution < 1.29 is 17.9 Å². The van der Waals surface area contributed by atoms with Crippen molar-refractivity contribution >= 4 is 33.2 Å². The van der Waals surface area contributed by atoms with Crippen LogP contribution in [0.15, 0.2) is 53.4 Å². The molecule has 2 aromatic carbocycles. The summed E-state index contributed by atoms with van der Waals surface area (Å²) in [5.74, 6) is 0.226. The molecule has 1 aliphatic rings. The van der Waals surface area contributed by atoms with Gasteiger partial charge in [0.1, 0.15) is 11.8 Å². The number of hydrogen-bond acceptors (Lipinski definition) is 4. The van der Waals surface area contributed by atoms with E-state index in [4.69, 9.17) is 16.3 Å². The second kappa shape index (κ2) is 7.65. The highest BCUT2D eigenvalue weighted by atomic mass is 35.5. The highest BCUT2D eigenvalue weighted by Gasteiger charge is 2.39. The fraction of sp³-hybridized carbons (Fsp3) is 0.278. The van der Waals surface area contributed by atoms with Gasteiger partial charge >= 0.3 is 0 Å². The van der Waals surface area contributed by atoms with Gasteiger partial charge in [-0.2, -0.15) is 4.31 Å². The van der Waals surface area contributed by atoms with Gasteiger partial charge in [0.15, 0.2) is 0 Å². The molecule has 1 aliphatic heterocycles. The highest BCUT2D eigenvalue weighted by Crippen LogP contribution is 2.28. The number of nitrogens with one attached hydrogen (secondary N) is 1. The van der Waals surface area contributed by atoms with Crippen molar-refractivity contribution in [2.75, 3.05) is 19.0 Å². The van der Waals surface area contributed by atoms with E-state index in [0.29, 0.717) is 35.8 Å². The number of carbonyl (C=O) groups is 1. The average molecular weight is 395 g/mol. The van der Waals surface area contributed by atoms with E-state index >= 15 is 0 Å². The van der Waals surface area contributed by atoms with E-state index < -0.39 is 16.1 Å².